The normalized spacial score (nSPS) is 9.00. The first-order chi connectivity index (χ1) is 4.31. The van der Waals surface area contributed by atoms with Gasteiger partial charge in [0, 0.05) is 6.72 Å². The van der Waals surface area contributed by atoms with E-state index >= 15 is 0 Å². The van der Waals surface area contributed by atoms with Gasteiger partial charge in [-0.1, -0.05) is 13.8 Å². The van der Waals surface area contributed by atoms with E-state index in [1.54, 1.807) is 6.92 Å². The molecule has 0 aliphatic rings. The lowest BCUT2D eigenvalue weighted by Gasteiger charge is -1.78. The Morgan fingerprint density at radius 2 is 1.67 bits per heavy atom. The second kappa shape index (κ2) is 10.1. The standard InChI is InChI=1S/C4H7N3.C2H6/c1-4(5-2)7-6-3;1-2/h2-3H2,1H3;1-2H3/b7-4-;. The van der Waals surface area contributed by atoms with Crippen LogP contribution in [0.15, 0.2) is 15.2 Å². The summed E-state index contributed by atoms with van der Waals surface area (Å²) in [5, 5.41) is 6.66. The van der Waals surface area contributed by atoms with Gasteiger partial charge in [0.15, 0.2) is 0 Å². The van der Waals surface area contributed by atoms with Crippen LogP contribution in [0.4, 0.5) is 0 Å². The van der Waals surface area contributed by atoms with Crippen molar-refractivity contribution >= 4 is 19.3 Å². The van der Waals surface area contributed by atoms with Crippen molar-refractivity contribution in [1.29, 1.82) is 0 Å². The highest BCUT2D eigenvalue weighted by molar-refractivity contribution is 5.83. The molecule has 0 amide bonds. The lowest BCUT2D eigenvalue weighted by molar-refractivity contribution is 1.24. The van der Waals surface area contributed by atoms with E-state index in [4.69, 9.17) is 0 Å². The van der Waals surface area contributed by atoms with Gasteiger partial charge in [-0.05, 0) is 13.6 Å². The Labute approximate surface area is 56.2 Å². The third-order valence-corrected chi connectivity index (χ3v) is 0.444. The van der Waals surface area contributed by atoms with Crippen LogP contribution in [0.1, 0.15) is 20.8 Å². The molecule has 0 spiro atoms. The van der Waals surface area contributed by atoms with Crippen molar-refractivity contribution in [3.8, 4) is 0 Å². The van der Waals surface area contributed by atoms with Crippen LogP contribution in [-0.2, 0) is 0 Å². The van der Waals surface area contributed by atoms with Gasteiger partial charge in [0.25, 0.3) is 0 Å². The zero-order valence-corrected chi connectivity index (χ0v) is 6.26. The molecule has 0 aromatic carbocycles. The molecule has 0 atom stereocenters. The Hall–Kier alpha value is -0.990. The summed E-state index contributed by atoms with van der Waals surface area (Å²) in [7, 11) is 0. The average Bonchev–Trinajstić information content (AvgIpc) is 1.93. The van der Waals surface area contributed by atoms with Crippen LogP contribution < -0.4 is 0 Å². The third-order valence-electron chi connectivity index (χ3n) is 0.444. The molecule has 52 valence electrons. The van der Waals surface area contributed by atoms with Gasteiger partial charge in [-0.25, -0.2) is 4.99 Å². The van der Waals surface area contributed by atoms with Crippen molar-refractivity contribution in [3.05, 3.63) is 0 Å². The van der Waals surface area contributed by atoms with Crippen molar-refractivity contribution < 1.29 is 0 Å². The molecule has 0 radical (unpaired) electrons. The Bertz CT molecular complexity index is 105. The number of amidine groups is 1. The Balaban J connectivity index is 0. The van der Waals surface area contributed by atoms with Gasteiger partial charge in [-0.3, -0.25) is 0 Å². The topological polar surface area (TPSA) is 37.1 Å². The molecular weight excluding hydrogens is 114 g/mol. The van der Waals surface area contributed by atoms with Crippen LogP contribution >= 0.6 is 0 Å². The minimum absolute atomic E-state index is 0.537. The predicted molar refractivity (Wildman–Crippen MR) is 43.6 cm³/mol. The fraction of sp³-hybridized carbons (Fsp3) is 0.500. The first-order valence-electron chi connectivity index (χ1n) is 2.78. The Morgan fingerprint density at radius 3 is 1.78 bits per heavy atom. The van der Waals surface area contributed by atoms with Crippen molar-refractivity contribution in [2.75, 3.05) is 0 Å². The van der Waals surface area contributed by atoms with Gasteiger partial charge in [0.05, 0.1) is 0 Å². The molecule has 0 aliphatic carbocycles. The van der Waals surface area contributed by atoms with Crippen molar-refractivity contribution in [2.24, 2.45) is 15.2 Å². The van der Waals surface area contributed by atoms with E-state index in [1.807, 2.05) is 13.8 Å². The largest absolute Gasteiger partial charge is 0.248 e. The lowest BCUT2D eigenvalue weighted by Crippen LogP contribution is -1.78. The highest BCUT2D eigenvalue weighted by atomic mass is 15.2. The molecule has 0 bridgehead atoms. The van der Waals surface area contributed by atoms with Crippen molar-refractivity contribution in [1.82, 2.24) is 0 Å². The number of hydrogen-bond donors (Lipinski definition) is 0. The van der Waals surface area contributed by atoms with E-state index in [0.29, 0.717) is 5.84 Å². The van der Waals surface area contributed by atoms with E-state index in [2.05, 4.69) is 28.6 Å². The zero-order chi connectivity index (χ0) is 7.70. The molecule has 9 heavy (non-hydrogen) atoms. The van der Waals surface area contributed by atoms with Gasteiger partial charge >= 0.3 is 0 Å². The van der Waals surface area contributed by atoms with E-state index in [1.165, 1.54) is 0 Å². The second-order valence-corrected chi connectivity index (χ2v) is 0.947. The number of hydrogen-bond acceptors (Lipinski definition) is 2. The van der Waals surface area contributed by atoms with E-state index in [-0.39, 0.29) is 0 Å². The molecule has 0 unspecified atom stereocenters. The number of nitrogens with zero attached hydrogens (tertiary/aromatic N) is 3. The maximum Gasteiger partial charge on any atom is 0.146 e. The predicted octanol–water partition coefficient (Wildman–Crippen LogP) is 1.75. The van der Waals surface area contributed by atoms with E-state index in [0.717, 1.165) is 0 Å². The molecule has 0 saturated carbocycles. The highest BCUT2D eigenvalue weighted by Crippen LogP contribution is 1.74. The Morgan fingerprint density at radius 1 is 1.22 bits per heavy atom. The number of aliphatic imine (C=N–C) groups is 1. The summed E-state index contributed by atoms with van der Waals surface area (Å²) in [4.78, 5) is 3.44. The van der Waals surface area contributed by atoms with Crippen LogP contribution in [-0.4, -0.2) is 19.3 Å². The molecule has 3 heteroatoms. The first kappa shape index (κ1) is 10.9. The van der Waals surface area contributed by atoms with Crippen molar-refractivity contribution in [2.45, 2.75) is 20.8 Å². The van der Waals surface area contributed by atoms with Crippen LogP contribution in [0, 0.1) is 0 Å². The summed E-state index contributed by atoms with van der Waals surface area (Å²) in [5.74, 6) is 0.537. The second-order valence-electron chi connectivity index (χ2n) is 0.947. The smallest absolute Gasteiger partial charge is 0.146 e. The molecule has 0 N–H and O–H groups in total. The van der Waals surface area contributed by atoms with Crippen molar-refractivity contribution in [3.63, 3.8) is 0 Å². The first-order valence-corrected chi connectivity index (χ1v) is 2.78. The molecular formula is C6H13N3. The van der Waals surface area contributed by atoms with Gasteiger partial charge in [-0.2, -0.15) is 5.10 Å². The van der Waals surface area contributed by atoms with Gasteiger partial charge < -0.3 is 0 Å². The summed E-state index contributed by atoms with van der Waals surface area (Å²) in [6, 6.07) is 0. The number of rotatable bonds is 1. The molecule has 3 nitrogen and oxygen atoms in total. The molecule has 0 rings (SSSR count). The molecule has 0 aromatic heterocycles. The SMILES string of the molecule is C=N/N=C(/C)N=C.CC. The summed E-state index contributed by atoms with van der Waals surface area (Å²) < 4.78 is 0. The quantitative estimate of drug-likeness (QED) is 0.292. The minimum atomic E-state index is 0.537. The summed E-state index contributed by atoms with van der Waals surface area (Å²) in [6.07, 6.45) is 0. The van der Waals surface area contributed by atoms with Crippen LogP contribution in [0.3, 0.4) is 0 Å². The van der Waals surface area contributed by atoms with E-state index < -0.39 is 0 Å². The highest BCUT2D eigenvalue weighted by Gasteiger charge is 1.73. The third kappa shape index (κ3) is 10.9. The van der Waals surface area contributed by atoms with E-state index in [9.17, 15) is 0 Å². The minimum Gasteiger partial charge on any atom is -0.248 e. The monoisotopic (exact) mass is 127 g/mol. The van der Waals surface area contributed by atoms with Gasteiger partial charge in [0.2, 0.25) is 0 Å². The maximum absolute atomic E-state index is 3.44. The Kier molecular flexibility index (Phi) is 12.2. The summed E-state index contributed by atoms with van der Waals surface area (Å²) >= 11 is 0. The molecule has 0 fully saturated rings. The maximum atomic E-state index is 3.44. The average molecular weight is 127 g/mol. The fourth-order valence-electron chi connectivity index (χ4n) is 0.134. The molecule has 0 saturated heterocycles. The summed E-state index contributed by atoms with van der Waals surface area (Å²) in [5.41, 5.74) is 0. The zero-order valence-electron chi connectivity index (χ0n) is 6.26. The van der Waals surface area contributed by atoms with Gasteiger partial charge in [0.1, 0.15) is 5.84 Å². The molecule has 0 aromatic rings. The van der Waals surface area contributed by atoms with Gasteiger partial charge in [-0.15, -0.1) is 5.10 Å². The fourth-order valence-corrected chi connectivity index (χ4v) is 0.134. The van der Waals surface area contributed by atoms with Crippen LogP contribution in [0.5, 0.6) is 0 Å². The molecule has 0 heterocycles. The lowest BCUT2D eigenvalue weighted by atomic mass is 10.7. The summed E-state index contributed by atoms with van der Waals surface area (Å²) in [6.45, 7) is 12.0. The van der Waals surface area contributed by atoms with Crippen LogP contribution in [0.2, 0.25) is 0 Å². The van der Waals surface area contributed by atoms with Crippen LogP contribution in [0.25, 0.3) is 0 Å². The molecule has 0 aliphatic heterocycles.